The Morgan fingerprint density at radius 2 is 1.92 bits per heavy atom. The minimum absolute atomic E-state index is 0.0968. The average molecular weight is 523 g/mol. The molecule has 9 heteroatoms. The Bertz CT molecular complexity index is 1340. The van der Waals surface area contributed by atoms with E-state index in [4.69, 9.17) is 4.74 Å². The number of benzene rings is 2. The zero-order valence-electron chi connectivity index (χ0n) is 21.5. The summed E-state index contributed by atoms with van der Waals surface area (Å²) in [5.41, 5.74) is 2.38. The minimum atomic E-state index is -0.668. The molecule has 2 atom stereocenters. The Morgan fingerprint density at radius 1 is 1.21 bits per heavy atom. The summed E-state index contributed by atoms with van der Waals surface area (Å²) >= 11 is 0. The molecule has 0 amide bonds. The number of aromatic hydroxyl groups is 1. The van der Waals surface area contributed by atoms with E-state index in [1.807, 2.05) is 24.3 Å². The normalized spacial score (nSPS) is 15.4. The average Bonchev–Trinajstić information content (AvgIpc) is 2.90. The molecule has 1 saturated heterocycles. The molecule has 4 rings (SSSR count). The predicted octanol–water partition coefficient (Wildman–Crippen LogP) is 3.12. The number of hydrogen-bond donors (Lipinski definition) is 3. The molecule has 1 aliphatic rings. The fourth-order valence-corrected chi connectivity index (χ4v) is 4.33. The lowest BCUT2D eigenvalue weighted by Crippen LogP contribution is -2.50. The summed E-state index contributed by atoms with van der Waals surface area (Å²) in [6.45, 7) is 4.08. The molecule has 0 radical (unpaired) electrons. The second-order valence-corrected chi connectivity index (χ2v) is 9.63. The van der Waals surface area contributed by atoms with Gasteiger partial charge in [-0.15, -0.1) is 0 Å². The van der Waals surface area contributed by atoms with Crippen molar-refractivity contribution in [2.45, 2.75) is 38.0 Å². The third-order valence-electron chi connectivity index (χ3n) is 6.70. The van der Waals surface area contributed by atoms with Crippen molar-refractivity contribution in [3.05, 3.63) is 92.9 Å². The molecule has 2 heterocycles. The first-order valence-electron chi connectivity index (χ1n) is 12.6. The highest BCUT2D eigenvalue weighted by atomic mass is 19.1. The van der Waals surface area contributed by atoms with Crippen molar-refractivity contribution < 1.29 is 18.6 Å². The summed E-state index contributed by atoms with van der Waals surface area (Å²) in [4.78, 5) is 20.4. The van der Waals surface area contributed by atoms with Gasteiger partial charge >= 0.3 is 0 Å². The van der Waals surface area contributed by atoms with Gasteiger partial charge in [-0.2, -0.15) is 0 Å². The first kappa shape index (κ1) is 27.5. The maximum absolute atomic E-state index is 15.2. The van der Waals surface area contributed by atoms with Crippen molar-refractivity contribution in [2.24, 2.45) is 0 Å². The number of nitrogens with one attached hydrogen (secondary N) is 2. The van der Waals surface area contributed by atoms with E-state index in [0.29, 0.717) is 17.2 Å². The standard InChI is InChI=1S/C29H32F2N4O3/c1-19(13-30)32-14-23(12-27-28(36)29(37)34-18-33-27)25-10-9-21(11-26(25)31)6-3-20-4-7-22(8-5-20)15-35-16-24(17-35)38-2/h4-5,7-11,18-19,23-24,32,36H,12-17H2,1-2H3,(H,33,34,37). The van der Waals surface area contributed by atoms with Gasteiger partial charge in [0, 0.05) is 62.8 Å². The molecule has 0 saturated carbocycles. The summed E-state index contributed by atoms with van der Waals surface area (Å²) in [6.07, 6.45) is 1.61. The van der Waals surface area contributed by atoms with Gasteiger partial charge in [-0.25, -0.2) is 13.8 Å². The summed E-state index contributed by atoms with van der Waals surface area (Å²) in [5.74, 6) is 4.61. The molecular weight excluding hydrogens is 490 g/mol. The number of alkyl halides is 1. The van der Waals surface area contributed by atoms with E-state index in [1.165, 1.54) is 18.0 Å². The zero-order valence-corrected chi connectivity index (χ0v) is 21.5. The van der Waals surface area contributed by atoms with E-state index >= 15 is 4.39 Å². The number of nitrogens with zero attached hydrogens (tertiary/aromatic N) is 2. The Kier molecular flexibility index (Phi) is 9.24. The van der Waals surface area contributed by atoms with Crippen LogP contribution in [0.15, 0.2) is 53.6 Å². The predicted molar refractivity (Wildman–Crippen MR) is 141 cm³/mol. The van der Waals surface area contributed by atoms with Crippen molar-refractivity contribution in [1.29, 1.82) is 0 Å². The molecule has 0 aliphatic carbocycles. The number of H-pyrrole nitrogens is 1. The van der Waals surface area contributed by atoms with Crippen molar-refractivity contribution in [2.75, 3.05) is 33.4 Å². The topological polar surface area (TPSA) is 90.5 Å². The van der Waals surface area contributed by atoms with E-state index in [2.05, 4.69) is 32.0 Å². The fraction of sp³-hybridized carbons (Fsp3) is 0.379. The Balaban J connectivity index is 1.46. The van der Waals surface area contributed by atoms with Crippen LogP contribution in [0.5, 0.6) is 5.75 Å². The molecule has 200 valence electrons. The number of aromatic amines is 1. The molecule has 3 N–H and O–H groups in total. The number of likely N-dealkylation sites (tertiary alicyclic amines) is 1. The van der Waals surface area contributed by atoms with Gasteiger partial charge in [0.25, 0.3) is 5.56 Å². The first-order chi connectivity index (χ1) is 18.4. The summed E-state index contributed by atoms with van der Waals surface area (Å²) in [7, 11) is 1.73. The van der Waals surface area contributed by atoms with Crippen LogP contribution in [0, 0.1) is 17.7 Å². The maximum Gasteiger partial charge on any atom is 0.293 e. The zero-order chi connectivity index (χ0) is 27.1. The quantitative estimate of drug-likeness (QED) is 0.355. The summed E-state index contributed by atoms with van der Waals surface area (Å²) in [6, 6.07) is 12.3. The monoisotopic (exact) mass is 522 g/mol. The third kappa shape index (κ3) is 7.04. The van der Waals surface area contributed by atoms with Crippen molar-refractivity contribution >= 4 is 0 Å². The second-order valence-electron chi connectivity index (χ2n) is 9.63. The molecule has 0 bridgehead atoms. The fourth-order valence-electron chi connectivity index (χ4n) is 4.33. The smallest absolute Gasteiger partial charge is 0.293 e. The highest BCUT2D eigenvalue weighted by Crippen LogP contribution is 2.25. The number of methoxy groups -OCH3 is 1. The molecule has 2 aromatic carbocycles. The van der Waals surface area contributed by atoms with Crippen LogP contribution < -0.4 is 10.9 Å². The number of aromatic nitrogens is 2. The van der Waals surface area contributed by atoms with E-state index in [1.54, 1.807) is 26.2 Å². The van der Waals surface area contributed by atoms with Crippen molar-refractivity contribution in [1.82, 2.24) is 20.2 Å². The molecule has 1 aromatic heterocycles. The number of halogens is 2. The molecule has 1 fully saturated rings. The highest BCUT2D eigenvalue weighted by molar-refractivity contribution is 5.45. The molecule has 2 unspecified atom stereocenters. The van der Waals surface area contributed by atoms with E-state index in [0.717, 1.165) is 25.2 Å². The molecule has 3 aromatic rings. The Labute approximate surface area is 220 Å². The first-order valence-corrected chi connectivity index (χ1v) is 12.6. The number of ether oxygens (including phenoxy) is 1. The van der Waals surface area contributed by atoms with Crippen LogP contribution in [0.2, 0.25) is 0 Å². The Hall–Kier alpha value is -3.58. The summed E-state index contributed by atoms with van der Waals surface area (Å²) in [5, 5.41) is 13.1. The van der Waals surface area contributed by atoms with Gasteiger partial charge in [-0.1, -0.05) is 30.0 Å². The molecule has 38 heavy (non-hydrogen) atoms. The maximum atomic E-state index is 15.2. The van der Waals surface area contributed by atoms with Crippen molar-refractivity contribution in [3.8, 4) is 17.6 Å². The lowest BCUT2D eigenvalue weighted by molar-refractivity contribution is -0.0333. The highest BCUT2D eigenvalue weighted by Gasteiger charge is 2.26. The molecular formula is C29H32F2N4O3. The molecule has 1 aliphatic heterocycles. The van der Waals surface area contributed by atoms with Gasteiger partial charge < -0.3 is 20.1 Å². The summed E-state index contributed by atoms with van der Waals surface area (Å²) < 4.78 is 33.6. The van der Waals surface area contributed by atoms with E-state index in [-0.39, 0.29) is 18.7 Å². The van der Waals surface area contributed by atoms with Gasteiger partial charge in [-0.3, -0.25) is 9.69 Å². The largest absolute Gasteiger partial charge is 0.502 e. The van der Waals surface area contributed by atoms with Gasteiger partial charge in [0.05, 0.1) is 18.1 Å². The number of rotatable bonds is 10. The van der Waals surface area contributed by atoms with Crippen LogP contribution in [0.25, 0.3) is 0 Å². The van der Waals surface area contributed by atoms with Crippen LogP contribution in [0.4, 0.5) is 8.78 Å². The SMILES string of the molecule is COC1CN(Cc2ccc(C#Cc3ccc(C(CNC(C)CF)Cc4nc[nH]c(=O)c4O)c(F)c3)cc2)C1. The van der Waals surface area contributed by atoms with Crippen LogP contribution in [0.3, 0.4) is 0 Å². The van der Waals surface area contributed by atoms with Crippen LogP contribution in [0.1, 0.15) is 40.8 Å². The molecule has 7 nitrogen and oxygen atoms in total. The van der Waals surface area contributed by atoms with Gasteiger partial charge in [0.15, 0.2) is 0 Å². The van der Waals surface area contributed by atoms with Crippen molar-refractivity contribution in [3.63, 3.8) is 0 Å². The minimum Gasteiger partial charge on any atom is -0.502 e. The molecule has 0 spiro atoms. The van der Waals surface area contributed by atoms with Gasteiger partial charge in [0.2, 0.25) is 5.75 Å². The van der Waals surface area contributed by atoms with Crippen LogP contribution in [-0.2, 0) is 17.7 Å². The Morgan fingerprint density at radius 3 is 2.61 bits per heavy atom. The number of hydrogen-bond acceptors (Lipinski definition) is 6. The van der Waals surface area contributed by atoms with Gasteiger partial charge in [0.1, 0.15) is 12.5 Å². The lowest BCUT2D eigenvalue weighted by Gasteiger charge is -2.38. The van der Waals surface area contributed by atoms with Crippen LogP contribution >= 0.6 is 0 Å². The van der Waals surface area contributed by atoms with Gasteiger partial charge in [-0.05, 0) is 42.3 Å². The van der Waals surface area contributed by atoms with E-state index < -0.39 is 35.8 Å². The van der Waals surface area contributed by atoms with E-state index in [9.17, 15) is 14.3 Å². The lowest BCUT2D eigenvalue weighted by atomic mass is 9.92. The third-order valence-corrected chi connectivity index (χ3v) is 6.70. The second kappa shape index (κ2) is 12.8. The van der Waals surface area contributed by atoms with Crippen LogP contribution in [-0.4, -0.2) is 65.5 Å².